The number of carbonyl (C=O) groups is 2. The predicted molar refractivity (Wildman–Crippen MR) is 185 cm³/mol. The number of fused-ring (bicyclic) bond motifs is 5. The average Bonchev–Trinajstić information content (AvgIpc) is 3.40. The second-order valence-corrected chi connectivity index (χ2v) is 17.4. The van der Waals surface area contributed by atoms with Gasteiger partial charge in [0.1, 0.15) is 18.9 Å². The van der Waals surface area contributed by atoms with Crippen LogP contribution in [0.5, 0.6) is 5.75 Å². The van der Waals surface area contributed by atoms with E-state index in [0.29, 0.717) is 60.1 Å². The number of nitrogens with one attached hydrogen (secondary N) is 2. The van der Waals surface area contributed by atoms with E-state index in [0.717, 1.165) is 38.5 Å². The summed E-state index contributed by atoms with van der Waals surface area (Å²) in [5.74, 6) is 1.99. The summed E-state index contributed by atoms with van der Waals surface area (Å²) in [5, 5.41) is 48.9. The summed E-state index contributed by atoms with van der Waals surface area (Å²) in [4.78, 5) is 25.3. The number of hydrogen-bond acceptors (Lipinski definition) is 8. The van der Waals surface area contributed by atoms with Crippen molar-refractivity contribution >= 4 is 11.9 Å². The lowest BCUT2D eigenvalue weighted by Gasteiger charge is -2.62. The number of ether oxygens (including phenoxy) is 1. The molecule has 5 unspecified atom stereocenters. The molecule has 1 aromatic carbocycles. The van der Waals surface area contributed by atoms with Gasteiger partial charge in [-0.25, -0.2) is 0 Å². The predicted octanol–water partition coefficient (Wildman–Crippen LogP) is 5.38. The maximum Gasteiger partial charge on any atom is 0.325 e. The van der Waals surface area contributed by atoms with Crippen LogP contribution in [-0.4, -0.2) is 63.1 Å². The summed E-state index contributed by atoms with van der Waals surface area (Å²) < 4.78 is 5.34. The minimum atomic E-state index is -0.784. The molecule has 4 fully saturated rings. The maximum atomic E-state index is 12.8. The van der Waals surface area contributed by atoms with Crippen LogP contribution >= 0.6 is 0 Å². The van der Waals surface area contributed by atoms with E-state index in [9.17, 15) is 30.0 Å². The van der Waals surface area contributed by atoms with Crippen molar-refractivity contribution in [1.82, 2.24) is 10.6 Å². The number of aromatic hydroxyl groups is 1. The zero-order valence-corrected chi connectivity index (χ0v) is 30.1. The number of β-amino-alcohol motifs (C(OH)–C–C–N with tert-alkyl or cyclic N) is 1. The lowest BCUT2D eigenvalue weighted by atomic mass is 9.43. The quantitative estimate of drug-likeness (QED) is 0.172. The Morgan fingerprint density at radius 3 is 2.52 bits per heavy atom. The van der Waals surface area contributed by atoms with Gasteiger partial charge in [0.05, 0.1) is 18.3 Å². The fraction of sp³-hybridized carbons (Fsp3) is 0.795. The van der Waals surface area contributed by atoms with E-state index in [1.807, 2.05) is 20.8 Å². The Hall–Kier alpha value is -2.20. The Labute approximate surface area is 287 Å². The van der Waals surface area contributed by atoms with Gasteiger partial charge in [0, 0.05) is 24.1 Å². The Morgan fingerprint density at radius 2 is 1.79 bits per heavy atom. The lowest BCUT2D eigenvalue weighted by molar-refractivity contribution is -0.175. The molecule has 11 atom stereocenters. The van der Waals surface area contributed by atoms with Crippen LogP contribution in [0.4, 0.5) is 0 Å². The van der Waals surface area contributed by atoms with E-state index < -0.39 is 12.1 Å². The smallest absolute Gasteiger partial charge is 0.325 e. The van der Waals surface area contributed by atoms with Crippen molar-refractivity contribution in [3.63, 3.8) is 0 Å². The summed E-state index contributed by atoms with van der Waals surface area (Å²) in [6, 6.07) is 4.75. The molecule has 6 N–H and O–H groups in total. The first-order valence-corrected chi connectivity index (χ1v) is 18.6. The standard InChI is InChI=1S/C39H62N2O7/c1-23(29-11-12-30-28-10-9-26-18-27(42)15-16-38(26,5)31(28)19-34(45)39(29,30)6)7-14-35(46)40-21-36(47)48-22-25-17-24(8-13-32(25)43)33(44)20-41-37(2,3)4/h8,13,17,23,26-31,33-34,41-45H,7,9-12,14-16,18-22H2,1-6H3,(H,40,46)/t23-,26?,27-,28?,29-,30?,31?,33?,34+,38+,39-/m1/s1. The number of phenols is 1. The minimum Gasteiger partial charge on any atom is -0.508 e. The minimum absolute atomic E-state index is 0.0299. The largest absolute Gasteiger partial charge is 0.508 e. The number of amides is 1. The summed E-state index contributed by atoms with van der Waals surface area (Å²) in [7, 11) is 0. The number of aliphatic hydroxyl groups excluding tert-OH is 3. The van der Waals surface area contributed by atoms with Crippen molar-refractivity contribution in [3.8, 4) is 5.75 Å². The van der Waals surface area contributed by atoms with Gasteiger partial charge in [-0.05, 0) is 143 Å². The molecule has 1 aromatic rings. The summed E-state index contributed by atoms with van der Waals surface area (Å²) in [6.45, 7) is 12.9. The molecule has 0 aromatic heterocycles. The molecule has 0 spiro atoms. The van der Waals surface area contributed by atoms with Crippen molar-refractivity contribution in [1.29, 1.82) is 0 Å². The molecule has 9 heteroatoms. The van der Waals surface area contributed by atoms with Crippen molar-refractivity contribution in [2.24, 2.45) is 46.3 Å². The second-order valence-electron chi connectivity index (χ2n) is 17.4. The molecule has 4 aliphatic rings. The molecule has 0 saturated heterocycles. The SMILES string of the molecule is C[C@H](CCC(=O)NCC(=O)OCc1cc(C(O)CNC(C)(C)C)ccc1O)[C@H]1CCC2C3CCC4C[C@H](O)CC[C@]4(C)C3C[C@H](O)[C@@]21C. The molecule has 5 rings (SSSR count). The maximum absolute atomic E-state index is 12.8. The third kappa shape index (κ3) is 7.74. The van der Waals surface area contributed by atoms with Crippen molar-refractivity contribution in [2.75, 3.05) is 13.1 Å². The zero-order chi connectivity index (χ0) is 35.0. The monoisotopic (exact) mass is 670 g/mol. The van der Waals surface area contributed by atoms with Gasteiger partial charge < -0.3 is 35.8 Å². The van der Waals surface area contributed by atoms with Crippen LogP contribution in [-0.2, 0) is 20.9 Å². The first-order valence-electron chi connectivity index (χ1n) is 18.6. The van der Waals surface area contributed by atoms with Crippen LogP contribution in [0.1, 0.15) is 123 Å². The average molecular weight is 671 g/mol. The van der Waals surface area contributed by atoms with Crippen LogP contribution in [0.2, 0.25) is 0 Å². The van der Waals surface area contributed by atoms with E-state index in [2.05, 4.69) is 31.4 Å². The van der Waals surface area contributed by atoms with Crippen LogP contribution in [0.15, 0.2) is 18.2 Å². The summed E-state index contributed by atoms with van der Waals surface area (Å²) >= 11 is 0. The topological polar surface area (TPSA) is 148 Å². The van der Waals surface area contributed by atoms with Gasteiger partial charge in [-0.3, -0.25) is 9.59 Å². The Morgan fingerprint density at radius 1 is 1.04 bits per heavy atom. The molecule has 0 radical (unpaired) electrons. The molecule has 4 aliphatic carbocycles. The highest BCUT2D eigenvalue weighted by Crippen LogP contribution is 2.68. The van der Waals surface area contributed by atoms with Crippen molar-refractivity contribution in [2.45, 2.75) is 136 Å². The Balaban J connectivity index is 1.08. The number of phenolic OH excluding ortho intramolecular Hbond substituents is 1. The van der Waals surface area contributed by atoms with E-state index in [1.165, 1.54) is 18.9 Å². The molecule has 270 valence electrons. The Bertz CT molecular complexity index is 1300. The van der Waals surface area contributed by atoms with E-state index in [-0.39, 0.29) is 59.3 Å². The highest BCUT2D eigenvalue weighted by atomic mass is 16.5. The number of esters is 1. The third-order valence-electron chi connectivity index (χ3n) is 13.5. The molecular weight excluding hydrogens is 608 g/mol. The molecule has 4 saturated carbocycles. The van der Waals surface area contributed by atoms with Crippen LogP contribution in [0, 0.1) is 46.3 Å². The van der Waals surface area contributed by atoms with E-state index in [1.54, 1.807) is 12.1 Å². The molecule has 0 bridgehead atoms. The fourth-order valence-electron chi connectivity index (χ4n) is 10.6. The van der Waals surface area contributed by atoms with Gasteiger partial charge in [0.15, 0.2) is 0 Å². The van der Waals surface area contributed by atoms with Crippen LogP contribution in [0.3, 0.4) is 0 Å². The van der Waals surface area contributed by atoms with Gasteiger partial charge in [-0.2, -0.15) is 0 Å². The van der Waals surface area contributed by atoms with Crippen molar-refractivity contribution in [3.05, 3.63) is 29.3 Å². The molecule has 9 nitrogen and oxygen atoms in total. The molecule has 48 heavy (non-hydrogen) atoms. The number of carbonyl (C=O) groups excluding carboxylic acids is 2. The summed E-state index contributed by atoms with van der Waals surface area (Å²) in [6.07, 6.45) is 8.00. The van der Waals surface area contributed by atoms with E-state index >= 15 is 0 Å². The number of rotatable bonds is 11. The van der Waals surface area contributed by atoms with Gasteiger partial charge in [-0.15, -0.1) is 0 Å². The first-order chi connectivity index (χ1) is 22.5. The lowest BCUT2D eigenvalue weighted by Crippen LogP contribution is -2.58. The first kappa shape index (κ1) is 37.1. The van der Waals surface area contributed by atoms with Gasteiger partial charge >= 0.3 is 5.97 Å². The number of hydrogen-bond donors (Lipinski definition) is 6. The highest BCUT2D eigenvalue weighted by Gasteiger charge is 2.63. The van der Waals surface area contributed by atoms with Crippen molar-refractivity contribution < 1.29 is 34.8 Å². The van der Waals surface area contributed by atoms with Gasteiger partial charge in [0.25, 0.3) is 0 Å². The van der Waals surface area contributed by atoms with E-state index in [4.69, 9.17) is 4.74 Å². The highest BCUT2D eigenvalue weighted by molar-refractivity contribution is 5.81. The van der Waals surface area contributed by atoms with Crippen LogP contribution < -0.4 is 10.6 Å². The second kappa shape index (κ2) is 14.6. The Kier molecular flexibility index (Phi) is 11.3. The normalized spacial score (nSPS) is 35.9. The van der Waals surface area contributed by atoms with Crippen LogP contribution in [0.25, 0.3) is 0 Å². The summed E-state index contributed by atoms with van der Waals surface area (Å²) in [5.41, 5.74) is 0.893. The zero-order valence-electron chi connectivity index (χ0n) is 30.1. The van der Waals surface area contributed by atoms with Gasteiger partial charge in [0.2, 0.25) is 5.91 Å². The fourth-order valence-corrected chi connectivity index (χ4v) is 10.6. The third-order valence-corrected chi connectivity index (χ3v) is 13.5. The molecule has 1 amide bonds. The molecule has 0 heterocycles. The number of aliphatic hydroxyl groups is 3. The molecule has 0 aliphatic heterocycles. The molecular formula is C39H62N2O7. The number of benzene rings is 1. The van der Waals surface area contributed by atoms with Gasteiger partial charge in [-0.1, -0.05) is 26.8 Å².